The van der Waals surface area contributed by atoms with E-state index in [1.165, 1.54) is 6.07 Å². The molecule has 0 saturated carbocycles. The Kier molecular flexibility index (Phi) is 7.28. The monoisotopic (exact) mass is 448 g/mol. The van der Waals surface area contributed by atoms with E-state index in [4.69, 9.17) is 14.0 Å². The number of piperidine rings is 1. The number of carbonyl (C=O) groups excluding carboxylic acids is 1. The van der Waals surface area contributed by atoms with Crippen molar-refractivity contribution >= 4 is 18.7 Å². The largest absolute Gasteiger partial charge is 0.494 e. The molecule has 6 nitrogen and oxygen atoms in total. The molecule has 0 spiro atoms. The SMILES string of the molecule is CC(C)(C)OC(=O)NCC1CCCN(Cc2ccc(B3OC(C)(C)C(C)(C)O3)cc2F)C1. The quantitative estimate of drug-likeness (QED) is 0.694. The van der Waals surface area contributed by atoms with Gasteiger partial charge in [-0.2, -0.15) is 0 Å². The number of rotatable bonds is 5. The molecule has 2 heterocycles. The van der Waals surface area contributed by atoms with Crippen molar-refractivity contribution in [3.8, 4) is 0 Å². The summed E-state index contributed by atoms with van der Waals surface area (Å²) in [5.74, 6) is 0.0783. The normalized spacial score (nSPS) is 23.2. The zero-order valence-electron chi connectivity index (χ0n) is 20.6. The van der Waals surface area contributed by atoms with Crippen LogP contribution in [0.3, 0.4) is 0 Å². The van der Waals surface area contributed by atoms with Crippen molar-refractivity contribution in [1.29, 1.82) is 0 Å². The van der Waals surface area contributed by atoms with E-state index in [1.54, 1.807) is 0 Å². The van der Waals surface area contributed by atoms with Gasteiger partial charge in [-0.25, -0.2) is 9.18 Å². The standard InChI is InChI=1S/C24H38BFN2O4/c1-22(2,3)30-21(29)27-14-17-9-8-12-28(15-17)16-18-10-11-19(13-20(18)26)25-31-23(4,5)24(6,7)32-25/h10-11,13,17H,8-9,12,14-16H2,1-7H3,(H,27,29). The number of benzene rings is 1. The maximum atomic E-state index is 14.9. The molecule has 1 aromatic carbocycles. The number of carbonyl (C=O) groups is 1. The Morgan fingerprint density at radius 2 is 1.91 bits per heavy atom. The second-order valence-corrected chi connectivity index (χ2v) is 11.1. The molecule has 1 amide bonds. The number of hydrogen-bond acceptors (Lipinski definition) is 5. The average molecular weight is 448 g/mol. The maximum absolute atomic E-state index is 14.9. The van der Waals surface area contributed by atoms with Gasteiger partial charge in [-0.15, -0.1) is 0 Å². The maximum Gasteiger partial charge on any atom is 0.494 e. The first-order valence-corrected chi connectivity index (χ1v) is 11.6. The fourth-order valence-electron chi connectivity index (χ4n) is 4.06. The van der Waals surface area contributed by atoms with Crippen LogP contribution in [0.15, 0.2) is 18.2 Å². The van der Waals surface area contributed by atoms with Crippen LogP contribution in [0, 0.1) is 11.7 Å². The summed E-state index contributed by atoms with van der Waals surface area (Å²) in [6, 6.07) is 5.26. The van der Waals surface area contributed by atoms with Gasteiger partial charge in [0.15, 0.2) is 0 Å². The molecular formula is C24H38BFN2O4. The summed E-state index contributed by atoms with van der Waals surface area (Å²) in [4.78, 5) is 14.2. The Morgan fingerprint density at radius 3 is 2.50 bits per heavy atom. The van der Waals surface area contributed by atoms with Crippen molar-refractivity contribution in [3.63, 3.8) is 0 Å². The van der Waals surface area contributed by atoms with E-state index in [0.717, 1.165) is 25.9 Å². The Morgan fingerprint density at radius 1 is 1.25 bits per heavy atom. The Balaban J connectivity index is 1.55. The Labute approximate surface area is 192 Å². The van der Waals surface area contributed by atoms with Gasteiger partial charge in [0.25, 0.3) is 0 Å². The molecule has 0 aliphatic carbocycles. The molecule has 32 heavy (non-hydrogen) atoms. The molecule has 3 rings (SSSR count). The number of likely N-dealkylation sites (tertiary alicyclic amines) is 1. The van der Waals surface area contributed by atoms with Crippen molar-refractivity contribution in [2.75, 3.05) is 19.6 Å². The van der Waals surface area contributed by atoms with E-state index >= 15 is 0 Å². The second-order valence-electron chi connectivity index (χ2n) is 11.1. The average Bonchev–Trinajstić information content (AvgIpc) is 2.88. The van der Waals surface area contributed by atoms with E-state index in [-0.39, 0.29) is 11.9 Å². The molecule has 8 heteroatoms. The van der Waals surface area contributed by atoms with Crippen LogP contribution in [0.5, 0.6) is 0 Å². The number of halogens is 1. The number of ether oxygens (including phenoxy) is 1. The summed E-state index contributed by atoms with van der Waals surface area (Å²) in [7, 11) is -0.568. The van der Waals surface area contributed by atoms with Crippen molar-refractivity contribution < 1.29 is 23.2 Å². The summed E-state index contributed by atoms with van der Waals surface area (Å²) in [6.07, 6.45) is 1.67. The second kappa shape index (κ2) is 9.31. The minimum Gasteiger partial charge on any atom is -0.444 e. The summed E-state index contributed by atoms with van der Waals surface area (Å²) in [6.45, 7) is 16.3. The van der Waals surface area contributed by atoms with Crippen molar-refractivity contribution in [1.82, 2.24) is 10.2 Å². The molecule has 0 radical (unpaired) electrons. The first-order valence-electron chi connectivity index (χ1n) is 11.6. The number of hydrogen-bond donors (Lipinski definition) is 1. The van der Waals surface area contributed by atoms with Crippen LogP contribution in [0.4, 0.5) is 9.18 Å². The molecule has 0 bridgehead atoms. The molecule has 178 valence electrons. The van der Waals surface area contributed by atoms with Gasteiger partial charge in [0.2, 0.25) is 0 Å². The number of nitrogens with one attached hydrogen (secondary N) is 1. The smallest absolute Gasteiger partial charge is 0.444 e. The summed E-state index contributed by atoms with van der Waals surface area (Å²) in [5.41, 5.74) is -0.0627. The lowest BCUT2D eigenvalue weighted by Gasteiger charge is -2.33. The molecule has 1 aromatic rings. The van der Waals surface area contributed by atoms with Gasteiger partial charge in [0.05, 0.1) is 11.2 Å². The summed E-state index contributed by atoms with van der Waals surface area (Å²) in [5, 5.41) is 2.87. The van der Waals surface area contributed by atoms with Crippen molar-refractivity contribution in [2.45, 2.75) is 84.7 Å². The van der Waals surface area contributed by atoms with Gasteiger partial charge in [-0.1, -0.05) is 12.1 Å². The molecule has 1 atom stereocenters. The fraction of sp³-hybridized carbons (Fsp3) is 0.708. The lowest BCUT2D eigenvalue weighted by molar-refractivity contribution is 0.00578. The fourth-order valence-corrected chi connectivity index (χ4v) is 4.06. The number of nitrogens with zero attached hydrogens (tertiary/aromatic N) is 1. The van der Waals surface area contributed by atoms with Crippen LogP contribution >= 0.6 is 0 Å². The third kappa shape index (κ3) is 6.24. The molecule has 2 aliphatic rings. The van der Waals surface area contributed by atoms with E-state index in [1.807, 2.05) is 60.6 Å². The van der Waals surface area contributed by atoms with Gasteiger partial charge >= 0.3 is 13.2 Å². The first kappa shape index (κ1) is 25.0. The minimum atomic E-state index is -0.568. The van der Waals surface area contributed by atoms with Gasteiger partial charge in [0.1, 0.15) is 11.4 Å². The summed E-state index contributed by atoms with van der Waals surface area (Å²) >= 11 is 0. The molecule has 2 fully saturated rings. The highest BCUT2D eigenvalue weighted by Gasteiger charge is 2.51. The van der Waals surface area contributed by atoms with E-state index in [2.05, 4.69) is 10.2 Å². The topological polar surface area (TPSA) is 60.0 Å². The van der Waals surface area contributed by atoms with Gasteiger partial charge in [-0.05, 0) is 85.3 Å². The van der Waals surface area contributed by atoms with Crippen LogP contribution in [-0.4, -0.2) is 54.5 Å². The molecule has 1 N–H and O–H groups in total. The van der Waals surface area contributed by atoms with E-state index in [9.17, 15) is 9.18 Å². The third-order valence-electron chi connectivity index (χ3n) is 6.53. The van der Waals surface area contributed by atoms with E-state index < -0.39 is 23.9 Å². The molecule has 1 unspecified atom stereocenters. The lowest BCUT2D eigenvalue weighted by atomic mass is 9.78. The molecule has 2 saturated heterocycles. The highest BCUT2D eigenvalue weighted by molar-refractivity contribution is 6.62. The van der Waals surface area contributed by atoms with Crippen molar-refractivity contribution in [2.24, 2.45) is 5.92 Å². The highest BCUT2D eigenvalue weighted by Crippen LogP contribution is 2.36. The molecule has 2 aliphatic heterocycles. The Hall–Kier alpha value is -1.64. The predicted molar refractivity (Wildman–Crippen MR) is 124 cm³/mol. The summed E-state index contributed by atoms with van der Waals surface area (Å²) < 4.78 is 32.3. The van der Waals surface area contributed by atoms with Crippen LogP contribution in [0.25, 0.3) is 0 Å². The molecule has 0 aromatic heterocycles. The van der Waals surface area contributed by atoms with E-state index in [0.29, 0.717) is 30.0 Å². The number of amides is 1. The lowest BCUT2D eigenvalue weighted by Crippen LogP contribution is -2.42. The van der Waals surface area contributed by atoms with Gasteiger partial charge in [0, 0.05) is 25.2 Å². The zero-order valence-corrected chi connectivity index (χ0v) is 20.6. The van der Waals surface area contributed by atoms with Gasteiger partial charge < -0.3 is 19.4 Å². The first-order chi connectivity index (χ1) is 14.8. The minimum absolute atomic E-state index is 0.244. The van der Waals surface area contributed by atoms with Crippen LogP contribution in [0.1, 0.15) is 66.9 Å². The third-order valence-corrected chi connectivity index (χ3v) is 6.53. The van der Waals surface area contributed by atoms with Gasteiger partial charge in [-0.3, -0.25) is 4.90 Å². The van der Waals surface area contributed by atoms with Crippen LogP contribution < -0.4 is 10.8 Å². The van der Waals surface area contributed by atoms with Crippen molar-refractivity contribution in [3.05, 3.63) is 29.6 Å². The predicted octanol–water partition coefficient (Wildman–Crippen LogP) is 3.86. The molecular weight excluding hydrogens is 410 g/mol. The Bertz CT molecular complexity index is 809. The van der Waals surface area contributed by atoms with Crippen LogP contribution in [-0.2, 0) is 20.6 Å². The highest BCUT2D eigenvalue weighted by atomic mass is 19.1. The number of alkyl carbamates (subject to hydrolysis) is 1. The zero-order chi connectivity index (χ0) is 23.7. The van der Waals surface area contributed by atoms with Crippen LogP contribution in [0.2, 0.25) is 0 Å².